The van der Waals surface area contributed by atoms with Crippen LogP contribution in [0, 0.1) is 0 Å². The van der Waals surface area contributed by atoms with Crippen LogP contribution in [-0.2, 0) is 0 Å². The van der Waals surface area contributed by atoms with Crippen molar-refractivity contribution in [2.45, 2.75) is 0 Å². The number of benzene rings is 1. The molecule has 0 fully saturated rings. The summed E-state index contributed by atoms with van der Waals surface area (Å²) in [6, 6.07) is 6.33. The van der Waals surface area contributed by atoms with Gasteiger partial charge in [-0.05, 0) is 29.6 Å². The summed E-state index contributed by atoms with van der Waals surface area (Å²) in [6.07, 6.45) is 0. The number of fused-ring (bicyclic) bond motifs is 1. The highest BCUT2D eigenvalue weighted by Crippen LogP contribution is 2.34. The highest BCUT2D eigenvalue weighted by atomic mass is 35.5. The molecule has 0 spiro atoms. The topological polar surface area (TPSA) is 63.3 Å². The first-order valence-corrected chi connectivity index (χ1v) is 6.28. The summed E-state index contributed by atoms with van der Waals surface area (Å²) in [5, 5.41) is 11.3. The molecule has 1 aromatic carbocycles. The van der Waals surface area contributed by atoms with E-state index in [4.69, 9.17) is 21.1 Å². The lowest BCUT2D eigenvalue weighted by Gasteiger charge is -1.91. The third-order valence-electron chi connectivity index (χ3n) is 2.45. The quantitative estimate of drug-likeness (QED) is 0.772. The van der Waals surface area contributed by atoms with E-state index in [0.29, 0.717) is 22.0 Å². The third kappa shape index (κ3) is 1.77. The van der Waals surface area contributed by atoms with Gasteiger partial charge in [-0.3, -0.25) is 0 Å². The maximum Gasteiger partial charge on any atom is 0.335 e. The molecule has 1 N–H and O–H groups in total. The van der Waals surface area contributed by atoms with E-state index in [1.165, 1.54) is 23.5 Å². The number of carbonyl (C=O) groups is 1. The van der Waals surface area contributed by atoms with Crippen LogP contribution in [0.15, 0.2) is 34.1 Å². The van der Waals surface area contributed by atoms with Crippen LogP contribution in [0.5, 0.6) is 0 Å². The van der Waals surface area contributed by atoms with Gasteiger partial charge in [0.2, 0.25) is 5.89 Å². The van der Waals surface area contributed by atoms with Crippen molar-refractivity contribution in [3.63, 3.8) is 0 Å². The fourth-order valence-corrected chi connectivity index (χ4v) is 2.66. The smallest absolute Gasteiger partial charge is 0.335 e. The van der Waals surface area contributed by atoms with Gasteiger partial charge in [0.25, 0.3) is 0 Å². The van der Waals surface area contributed by atoms with Crippen LogP contribution < -0.4 is 0 Å². The van der Waals surface area contributed by atoms with E-state index in [1.807, 2.05) is 5.38 Å². The summed E-state index contributed by atoms with van der Waals surface area (Å²) >= 11 is 7.42. The SMILES string of the molecule is O=C(O)c1ccc2nc(-c3sccc3Cl)oc2c1. The second-order valence-electron chi connectivity index (χ2n) is 3.60. The van der Waals surface area contributed by atoms with Crippen molar-refractivity contribution in [1.29, 1.82) is 0 Å². The number of halogens is 1. The fourth-order valence-electron chi connectivity index (χ4n) is 1.60. The molecular formula is C12H6ClNO3S. The summed E-state index contributed by atoms with van der Waals surface area (Å²) in [5.41, 5.74) is 1.22. The molecular weight excluding hydrogens is 274 g/mol. The van der Waals surface area contributed by atoms with Crippen molar-refractivity contribution in [2.75, 3.05) is 0 Å². The molecule has 0 amide bonds. The molecule has 0 atom stereocenters. The first-order chi connectivity index (χ1) is 8.65. The zero-order valence-corrected chi connectivity index (χ0v) is 10.5. The van der Waals surface area contributed by atoms with E-state index in [1.54, 1.807) is 12.1 Å². The fraction of sp³-hybridized carbons (Fsp3) is 0. The van der Waals surface area contributed by atoms with Gasteiger partial charge in [0.1, 0.15) is 10.4 Å². The zero-order valence-electron chi connectivity index (χ0n) is 8.88. The highest BCUT2D eigenvalue weighted by molar-refractivity contribution is 7.14. The van der Waals surface area contributed by atoms with Gasteiger partial charge in [-0.1, -0.05) is 11.6 Å². The van der Waals surface area contributed by atoms with Crippen molar-refractivity contribution < 1.29 is 14.3 Å². The Morgan fingerprint density at radius 1 is 1.39 bits per heavy atom. The molecule has 0 saturated carbocycles. The van der Waals surface area contributed by atoms with Crippen molar-refractivity contribution in [2.24, 2.45) is 0 Å². The lowest BCUT2D eigenvalue weighted by Crippen LogP contribution is -1.94. The van der Waals surface area contributed by atoms with E-state index in [0.717, 1.165) is 4.88 Å². The van der Waals surface area contributed by atoms with Crippen molar-refractivity contribution in [3.8, 4) is 10.8 Å². The number of nitrogens with zero attached hydrogens (tertiary/aromatic N) is 1. The van der Waals surface area contributed by atoms with Crippen molar-refractivity contribution in [3.05, 3.63) is 40.2 Å². The Morgan fingerprint density at radius 3 is 2.89 bits per heavy atom. The van der Waals surface area contributed by atoms with Gasteiger partial charge in [0.15, 0.2) is 5.58 Å². The summed E-state index contributed by atoms with van der Waals surface area (Å²) < 4.78 is 5.54. The Hall–Kier alpha value is -1.85. The van der Waals surface area contributed by atoms with Gasteiger partial charge in [0.05, 0.1) is 10.6 Å². The largest absolute Gasteiger partial charge is 0.478 e. The molecule has 0 aliphatic heterocycles. The van der Waals surface area contributed by atoms with Gasteiger partial charge in [-0.25, -0.2) is 9.78 Å². The molecule has 90 valence electrons. The van der Waals surface area contributed by atoms with E-state index in [9.17, 15) is 4.79 Å². The molecule has 0 aliphatic carbocycles. The van der Waals surface area contributed by atoms with Crippen molar-refractivity contribution >= 4 is 40.0 Å². The molecule has 2 aromatic heterocycles. The minimum Gasteiger partial charge on any atom is -0.478 e. The normalized spacial score (nSPS) is 10.9. The number of rotatable bonds is 2. The van der Waals surface area contributed by atoms with Gasteiger partial charge < -0.3 is 9.52 Å². The van der Waals surface area contributed by atoms with Gasteiger partial charge in [-0.15, -0.1) is 11.3 Å². The first-order valence-electron chi connectivity index (χ1n) is 5.02. The summed E-state index contributed by atoms with van der Waals surface area (Å²) in [4.78, 5) is 15.9. The Balaban J connectivity index is 2.17. The predicted molar refractivity (Wildman–Crippen MR) is 69.3 cm³/mol. The van der Waals surface area contributed by atoms with Crippen LogP contribution in [0.4, 0.5) is 0 Å². The molecule has 0 unspecified atom stereocenters. The number of aromatic nitrogens is 1. The minimum absolute atomic E-state index is 0.169. The molecule has 4 nitrogen and oxygen atoms in total. The lowest BCUT2D eigenvalue weighted by atomic mass is 10.2. The minimum atomic E-state index is -0.996. The molecule has 18 heavy (non-hydrogen) atoms. The van der Waals surface area contributed by atoms with Crippen LogP contribution in [0.1, 0.15) is 10.4 Å². The van der Waals surface area contributed by atoms with E-state index in [2.05, 4.69) is 4.98 Å². The maximum atomic E-state index is 10.9. The molecule has 2 heterocycles. The first kappa shape index (κ1) is 11.3. The molecule has 3 aromatic rings. The third-order valence-corrected chi connectivity index (χ3v) is 3.78. The van der Waals surface area contributed by atoms with Crippen LogP contribution in [0.3, 0.4) is 0 Å². The van der Waals surface area contributed by atoms with Crippen LogP contribution in [0.25, 0.3) is 21.9 Å². The number of oxazole rings is 1. The Labute approximate surface area is 110 Å². The number of carboxylic acid groups (broad SMARTS) is 1. The molecule has 0 bridgehead atoms. The van der Waals surface area contributed by atoms with Gasteiger partial charge >= 0.3 is 5.97 Å². The van der Waals surface area contributed by atoms with E-state index < -0.39 is 5.97 Å². The standard InChI is InChI=1S/C12H6ClNO3S/c13-7-3-4-18-10(7)11-14-8-2-1-6(12(15)16)5-9(8)17-11/h1-5H,(H,15,16). The van der Waals surface area contributed by atoms with Crippen LogP contribution in [-0.4, -0.2) is 16.1 Å². The molecule has 0 aliphatic rings. The van der Waals surface area contributed by atoms with Crippen LogP contribution >= 0.6 is 22.9 Å². The number of hydrogen-bond acceptors (Lipinski definition) is 4. The molecule has 3 rings (SSSR count). The van der Waals surface area contributed by atoms with Gasteiger partial charge in [0, 0.05) is 0 Å². The van der Waals surface area contributed by atoms with Gasteiger partial charge in [-0.2, -0.15) is 0 Å². The average molecular weight is 280 g/mol. The second kappa shape index (κ2) is 4.12. The number of hydrogen-bond donors (Lipinski definition) is 1. The zero-order chi connectivity index (χ0) is 12.7. The Bertz CT molecular complexity index is 747. The summed E-state index contributed by atoms with van der Waals surface area (Å²) in [7, 11) is 0. The van der Waals surface area contributed by atoms with E-state index in [-0.39, 0.29) is 5.56 Å². The van der Waals surface area contributed by atoms with Crippen molar-refractivity contribution in [1.82, 2.24) is 4.98 Å². The van der Waals surface area contributed by atoms with Crippen LogP contribution in [0.2, 0.25) is 5.02 Å². The Kier molecular flexibility index (Phi) is 2.57. The second-order valence-corrected chi connectivity index (χ2v) is 4.93. The summed E-state index contributed by atoms with van der Waals surface area (Å²) in [6.45, 7) is 0. The molecule has 0 radical (unpaired) electrons. The highest BCUT2D eigenvalue weighted by Gasteiger charge is 2.14. The number of thiophene rings is 1. The molecule has 0 saturated heterocycles. The van der Waals surface area contributed by atoms with E-state index >= 15 is 0 Å². The number of aromatic carboxylic acids is 1. The molecule has 6 heteroatoms. The number of carboxylic acids is 1. The lowest BCUT2D eigenvalue weighted by molar-refractivity contribution is 0.0697. The maximum absolute atomic E-state index is 10.9. The average Bonchev–Trinajstić information content (AvgIpc) is 2.92. The predicted octanol–water partition coefficient (Wildman–Crippen LogP) is 3.91. The summed E-state index contributed by atoms with van der Waals surface area (Å²) in [5.74, 6) is -0.587. The Morgan fingerprint density at radius 2 is 2.22 bits per heavy atom. The monoisotopic (exact) mass is 279 g/mol.